The Hall–Kier alpha value is -3.21. The lowest BCUT2D eigenvalue weighted by atomic mass is 9.80. The van der Waals surface area contributed by atoms with Crippen LogP contribution in [0.2, 0.25) is 0 Å². The number of carbonyl (C=O) groups is 1. The number of fused-ring (bicyclic) bond motifs is 3. The van der Waals surface area contributed by atoms with Crippen LogP contribution in [0.1, 0.15) is 33.5 Å². The molecule has 1 aliphatic heterocycles. The molecule has 1 heterocycles. The van der Waals surface area contributed by atoms with Gasteiger partial charge in [-0.2, -0.15) is 0 Å². The highest BCUT2D eigenvalue weighted by atomic mass is 35.5. The minimum Gasteiger partial charge on any atom is -0.378 e. The first-order valence-corrected chi connectivity index (χ1v) is 10.5. The zero-order valence-corrected chi connectivity index (χ0v) is 18.0. The summed E-state index contributed by atoms with van der Waals surface area (Å²) in [4.78, 5) is 19.8. The highest BCUT2D eigenvalue weighted by Crippen LogP contribution is 2.51. The molecule has 4 nitrogen and oxygen atoms in total. The quantitative estimate of drug-likeness (QED) is 0.563. The normalized spacial score (nSPS) is 21.5. The van der Waals surface area contributed by atoms with Gasteiger partial charge in [0.25, 0.3) is 0 Å². The van der Waals surface area contributed by atoms with Crippen molar-refractivity contribution in [1.29, 1.82) is 0 Å². The molecule has 0 amide bonds. The summed E-state index contributed by atoms with van der Waals surface area (Å²) < 4.78 is 0. The van der Waals surface area contributed by atoms with Crippen LogP contribution in [0.3, 0.4) is 0 Å². The van der Waals surface area contributed by atoms with Gasteiger partial charge in [-0.05, 0) is 38.1 Å². The fourth-order valence-corrected chi connectivity index (χ4v) is 4.65. The number of benzene rings is 3. The van der Waals surface area contributed by atoms with E-state index in [0.717, 1.165) is 22.5 Å². The van der Waals surface area contributed by atoms with Gasteiger partial charge in [-0.3, -0.25) is 9.69 Å². The van der Waals surface area contributed by atoms with Crippen LogP contribution in [0.15, 0.2) is 88.5 Å². The maximum atomic E-state index is 13.1. The van der Waals surface area contributed by atoms with Gasteiger partial charge in [0.1, 0.15) is 16.5 Å². The highest BCUT2D eigenvalue weighted by Gasteiger charge is 2.53. The van der Waals surface area contributed by atoms with E-state index in [1.807, 2.05) is 73.3 Å². The number of rotatable bonds is 2. The van der Waals surface area contributed by atoms with Crippen LogP contribution in [-0.2, 0) is 5.60 Å². The molecular formula is C26H21ClN2O2. The van der Waals surface area contributed by atoms with Crippen molar-refractivity contribution in [2.75, 3.05) is 4.90 Å². The number of ketones is 1. The van der Waals surface area contributed by atoms with Gasteiger partial charge in [-0.1, -0.05) is 71.3 Å². The minimum absolute atomic E-state index is 0.0240. The number of Topliss-reactive ketones (excluding diaryl/α,β-unsaturated/α-hetero) is 1. The summed E-state index contributed by atoms with van der Waals surface area (Å²) in [5.74, 6) is 0.346. The Kier molecular flexibility index (Phi) is 4.58. The van der Waals surface area contributed by atoms with Crippen LogP contribution in [0, 0.1) is 13.8 Å². The second-order valence-electron chi connectivity index (χ2n) is 8.11. The van der Waals surface area contributed by atoms with E-state index in [2.05, 4.69) is 0 Å². The third kappa shape index (κ3) is 3.11. The molecule has 1 aliphatic carbocycles. The molecule has 0 bridgehead atoms. The van der Waals surface area contributed by atoms with Gasteiger partial charge in [0.05, 0.1) is 11.4 Å². The average molecular weight is 429 g/mol. The number of anilines is 1. The summed E-state index contributed by atoms with van der Waals surface area (Å²) in [6.45, 7) is 4.04. The predicted octanol–water partition coefficient (Wildman–Crippen LogP) is 5.78. The molecule has 1 saturated heterocycles. The van der Waals surface area contributed by atoms with Crippen molar-refractivity contribution in [3.63, 3.8) is 0 Å². The number of aliphatic hydroxyl groups is 1. The lowest BCUT2D eigenvalue weighted by Crippen LogP contribution is -2.36. The summed E-state index contributed by atoms with van der Waals surface area (Å²) in [5.41, 5.74) is 3.75. The third-order valence-corrected chi connectivity index (χ3v) is 6.25. The van der Waals surface area contributed by atoms with Crippen molar-refractivity contribution in [3.05, 3.63) is 106 Å². The second-order valence-corrected chi connectivity index (χ2v) is 8.49. The number of aliphatic imine (C=N–C) groups is 1. The van der Waals surface area contributed by atoms with E-state index in [9.17, 15) is 9.90 Å². The summed E-state index contributed by atoms with van der Waals surface area (Å²) in [7, 11) is 0. The summed E-state index contributed by atoms with van der Waals surface area (Å²) in [5, 5.41) is 11.9. The van der Waals surface area contributed by atoms with Gasteiger partial charge in [-0.15, -0.1) is 0 Å². The summed E-state index contributed by atoms with van der Waals surface area (Å²) >= 11 is 6.62. The van der Waals surface area contributed by atoms with E-state index >= 15 is 0 Å². The van der Waals surface area contributed by atoms with Crippen LogP contribution >= 0.6 is 11.6 Å². The first kappa shape index (κ1) is 19.7. The third-order valence-electron chi connectivity index (χ3n) is 5.90. The number of amidine groups is 1. The fourth-order valence-electron chi connectivity index (χ4n) is 4.31. The maximum absolute atomic E-state index is 13.1. The Balaban J connectivity index is 1.76. The molecule has 31 heavy (non-hydrogen) atoms. The van der Waals surface area contributed by atoms with Gasteiger partial charge in [0, 0.05) is 23.2 Å². The number of halogens is 1. The topological polar surface area (TPSA) is 52.9 Å². The largest absolute Gasteiger partial charge is 0.378 e. The molecule has 1 fully saturated rings. The van der Waals surface area contributed by atoms with Gasteiger partial charge in [-0.25, -0.2) is 4.99 Å². The van der Waals surface area contributed by atoms with E-state index in [1.54, 1.807) is 18.2 Å². The Morgan fingerprint density at radius 1 is 0.935 bits per heavy atom. The van der Waals surface area contributed by atoms with Gasteiger partial charge < -0.3 is 5.11 Å². The highest BCUT2D eigenvalue weighted by molar-refractivity contribution is 6.47. The van der Waals surface area contributed by atoms with Crippen LogP contribution in [0.25, 0.3) is 0 Å². The number of allylic oxidation sites excluding steroid dienone is 1. The van der Waals surface area contributed by atoms with E-state index in [4.69, 9.17) is 16.6 Å². The average Bonchev–Trinajstić information content (AvgIpc) is 3.07. The van der Waals surface area contributed by atoms with Crippen LogP contribution in [0.5, 0.6) is 0 Å². The smallest absolute Gasteiger partial charge is 0.206 e. The molecule has 0 radical (unpaired) electrons. The number of nitrogens with zero attached hydrogens (tertiary/aromatic N) is 2. The zero-order valence-electron chi connectivity index (χ0n) is 17.3. The van der Waals surface area contributed by atoms with Crippen molar-refractivity contribution in [3.8, 4) is 0 Å². The monoisotopic (exact) mass is 428 g/mol. The number of hydrogen-bond donors (Lipinski definition) is 1. The molecule has 1 atom stereocenters. The Labute approximate surface area is 186 Å². The van der Waals surface area contributed by atoms with E-state index in [0.29, 0.717) is 22.7 Å². The lowest BCUT2D eigenvalue weighted by molar-refractivity contribution is 0.0812. The Bertz CT molecular complexity index is 1260. The predicted molar refractivity (Wildman–Crippen MR) is 124 cm³/mol. The van der Waals surface area contributed by atoms with Crippen molar-refractivity contribution in [2.24, 2.45) is 4.99 Å². The van der Waals surface area contributed by atoms with Gasteiger partial charge in [0.15, 0.2) is 0 Å². The molecule has 3 aromatic rings. The lowest BCUT2D eigenvalue weighted by Gasteiger charge is -2.33. The SMILES string of the molecule is Cc1ccc(N=C2CC3(O)C(=C(Cl)C(=O)c4ccccc43)N2c2ccc(C)cc2)cc1. The van der Waals surface area contributed by atoms with Gasteiger partial charge >= 0.3 is 0 Å². The fraction of sp³-hybridized carbons (Fsp3) is 0.154. The maximum Gasteiger partial charge on any atom is 0.206 e. The standard InChI is InChI=1S/C26H21ClN2O2/c1-16-7-11-18(12-8-16)28-22-15-26(31)21-6-4-3-5-20(21)24(30)23(27)25(26)29(22)19-13-9-17(2)10-14-19/h3-14,31H,15H2,1-2H3. The number of hydrogen-bond acceptors (Lipinski definition) is 3. The molecule has 5 heteroatoms. The van der Waals surface area contributed by atoms with Crippen molar-refractivity contribution in [1.82, 2.24) is 0 Å². The van der Waals surface area contributed by atoms with Gasteiger partial charge in [0.2, 0.25) is 5.78 Å². The molecule has 5 rings (SSSR count). The van der Waals surface area contributed by atoms with Crippen molar-refractivity contribution < 1.29 is 9.90 Å². The molecule has 3 aromatic carbocycles. The van der Waals surface area contributed by atoms with Crippen LogP contribution in [-0.4, -0.2) is 16.7 Å². The first-order chi connectivity index (χ1) is 14.9. The van der Waals surface area contributed by atoms with E-state index < -0.39 is 5.60 Å². The molecule has 0 aromatic heterocycles. The van der Waals surface area contributed by atoms with E-state index in [1.165, 1.54) is 0 Å². The molecule has 154 valence electrons. The molecule has 1 N–H and O–H groups in total. The van der Waals surface area contributed by atoms with Crippen molar-refractivity contribution >= 4 is 34.6 Å². The Morgan fingerprint density at radius 2 is 1.55 bits per heavy atom. The van der Waals surface area contributed by atoms with E-state index in [-0.39, 0.29) is 17.2 Å². The number of aryl methyl sites for hydroxylation is 2. The molecular weight excluding hydrogens is 408 g/mol. The summed E-state index contributed by atoms with van der Waals surface area (Å²) in [6, 6.07) is 22.9. The van der Waals surface area contributed by atoms with Crippen molar-refractivity contribution in [2.45, 2.75) is 25.9 Å². The second kappa shape index (κ2) is 7.19. The zero-order chi connectivity index (χ0) is 21.8. The molecule has 2 aliphatic rings. The first-order valence-electron chi connectivity index (χ1n) is 10.2. The molecule has 0 saturated carbocycles. The number of carbonyl (C=O) groups excluding carboxylic acids is 1. The Morgan fingerprint density at radius 3 is 2.23 bits per heavy atom. The summed E-state index contributed by atoms with van der Waals surface area (Å²) in [6.07, 6.45) is 0.213. The van der Waals surface area contributed by atoms with Crippen LogP contribution < -0.4 is 4.90 Å². The molecule has 1 unspecified atom stereocenters. The van der Waals surface area contributed by atoms with Crippen LogP contribution in [0.4, 0.5) is 11.4 Å². The molecule has 0 spiro atoms. The minimum atomic E-state index is -1.43.